The van der Waals surface area contributed by atoms with Crippen molar-refractivity contribution in [3.8, 4) is 0 Å². The van der Waals surface area contributed by atoms with Gasteiger partial charge in [0.15, 0.2) is 6.29 Å². The number of benzene rings is 1. The van der Waals surface area contributed by atoms with Gasteiger partial charge >= 0.3 is 11.9 Å². The largest absolute Gasteiger partial charge is 0.472 e. The normalized spacial score (nSPS) is 38.7. The van der Waals surface area contributed by atoms with Crippen molar-refractivity contribution in [3.05, 3.63) is 53.8 Å². The van der Waals surface area contributed by atoms with Gasteiger partial charge in [0, 0.05) is 23.8 Å². The van der Waals surface area contributed by atoms with Gasteiger partial charge in [0.25, 0.3) is 0 Å². The highest BCUT2D eigenvalue weighted by Crippen LogP contribution is 2.49. The maximum atomic E-state index is 12.6. The zero-order valence-corrected chi connectivity index (χ0v) is 20.8. The van der Waals surface area contributed by atoms with Gasteiger partial charge in [-0.15, -0.1) is 0 Å². The van der Waals surface area contributed by atoms with E-state index >= 15 is 0 Å². The van der Waals surface area contributed by atoms with Crippen LogP contribution in [0.3, 0.4) is 0 Å². The van der Waals surface area contributed by atoms with Crippen molar-refractivity contribution in [2.45, 2.75) is 56.1 Å². The second-order valence-electron chi connectivity index (χ2n) is 9.50. The molecule has 2 aliphatic heterocycles. The van der Waals surface area contributed by atoms with E-state index in [0.29, 0.717) is 0 Å². The Morgan fingerprint density at radius 3 is 2.37 bits per heavy atom. The average Bonchev–Trinajstić information content (AvgIpc) is 3.17. The van der Waals surface area contributed by atoms with Crippen LogP contribution in [0.4, 0.5) is 0 Å². The summed E-state index contributed by atoms with van der Waals surface area (Å²) in [7, 11) is 1.17. The highest BCUT2D eigenvalue weighted by molar-refractivity contribution is 5.89. The summed E-state index contributed by atoms with van der Waals surface area (Å²) in [4.78, 5) is 25.1. The number of methoxy groups -OCH3 is 1. The monoisotopic (exact) mass is 536 g/mol. The number of ether oxygens (including phenoxy) is 5. The van der Waals surface area contributed by atoms with Crippen molar-refractivity contribution in [1.29, 1.82) is 0 Å². The van der Waals surface area contributed by atoms with Gasteiger partial charge in [0.05, 0.1) is 31.7 Å². The van der Waals surface area contributed by atoms with Crippen LogP contribution in [0.2, 0.25) is 0 Å². The van der Waals surface area contributed by atoms with Crippen LogP contribution in [0.25, 0.3) is 6.08 Å². The van der Waals surface area contributed by atoms with Gasteiger partial charge in [-0.1, -0.05) is 37.3 Å². The highest BCUT2D eigenvalue weighted by atomic mass is 16.8. The lowest BCUT2D eigenvalue weighted by Gasteiger charge is -2.43. The Morgan fingerprint density at radius 1 is 1.00 bits per heavy atom. The Balaban J connectivity index is 1.55. The third-order valence-electron chi connectivity index (χ3n) is 7.25. The van der Waals surface area contributed by atoms with Crippen LogP contribution < -0.4 is 0 Å². The Bertz CT molecular complexity index is 1040. The second kappa shape index (κ2) is 11.9. The minimum Gasteiger partial charge on any atom is -0.472 e. The molecule has 1 aliphatic carbocycles. The first-order valence-electron chi connectivity index (χ1n) is 12.2. The molecule has 4 rings (SSSR count). The summed E-state index contributed by atoms with van der Waals surface area (Å²) in [5, 5.41) is 51.2. The van der Waals surface area contributed by atoms with E-state index in [0.717, 1.165) is 11.8 Å². The van der Waals surface area contributed by atoms with Gasteiger partial charge in [-0.3, -0.25) is 0 Å². The average molecular weight is 537 g/mol. The number of aliphatic hydroxyl groups is 5. The van der Waals surface area contributed by atoms with Crippen LogP contribution >= 0.6 is 0 Å². The minimum absolute atomic E-state index is 0.00359. The standard InChI is InChI=1S/C26H32O12/c1-12-17-18(20(30)23(12)37-16(28)9-8-13-6-4-3-5-7-13)14(24(33)34-2)11-35-25(17)38-26-22(32)21(31)19(29)15(10-27)36-26/h3-9,11-12,15,17-23,25-27,29-32H,10H2,1-2H3/b9-8+/t12-,15-,17-,18-,19-,20+,21+,22-,23-,25+,26+/m1/s1. The molecule has 3 aliphatic rings. The van der Waals surface area contributed by atoms with Gasteiger partial charge in [0.2, 0.25) is 6.29 Å². The van der Waals surface area contributed by atoms with Crippen molar-refractivity contribution < 1.29 is 58.8 Å². The fourth-order valence-corrected chi connectivity index (χ4v) is 5.22. The Labute approximate surface area is 218 Å². The molecular formula is C26H32O12. The van der Waals surface area contributed by atoms with E-state index in [1.165, 1.54) is 13.2 Å². The third-order valence-corrected chi connectivity index (χ3v) is 7.25. The number of hydrogen-bond acceptors (Lipinski definition) is 12. The first-order chi connectivity index (χ1) is 18.2. The molecule has 0 unspecified atom stereocenters. The summed E-state index contributed by atoms with van der Waals surface area (Å²) in [6.45, 7) is 1.03. The Morgan fingerprint density at radius 2 is 1.71 bits per heavy atom. The highest BCUT2D eigenvalue weighted by Gasteiger charge is 2.59. The molecule has 2 fully saturated rings. The van der Waals surface area contributed by atoms with E-state index in [4.69, 9.17) is 23.7 Å². The molecule has 12 heteroatoms. The smallest absolute Gasteiger partial charge is 0.337 e. The SMILES string of the molecule is COC(=O)C1=CO[C@@H](O[C@@H]2O[C@H](CO)[C@@H](O)[C@H](O)[C@H]2O)[C@@H]2[C@@H](C)[C@@H](OC(=O)/C=C/c3ccccc3)[C@@H](O)[C@H]12. The number of aliphatic hydroxyl groups excluding tert-OH is 5. The molecule has 1 aromatic carbocycles. The summed E-state index contributed by atoms with van der Waals surface area (Å²) < 4.78 is 27.3. The molecule has 2 heterocycles. The lowest BCUT2D eigenvalue weighted by Crippen LogP contribution is -2.60. The molecule has 0 bridgehead atoms. The van der Waals surface area contributed by atoms with Crippen molar-refractivity contribution in [3.63, 3.8) is 0 Å². The summed E-state index contributed by atoms with van der Waals surface area (Å²) in [6, 6.07) is 9.07. The van der Waals surface area contributed by atoms with Gasteiger partial charge in [0.1, 0.15) is 30.5 Å². The lowest BCUT2D eigenvalue weighted by molar-refractivity contribution is -0.343. The van der Waals surface area contributed by atoms with Crippen LogP contribution in [0, 0.1) is 17.8 Å². The van der Waals surface area contributed by atoms with Crippen LogP contribution in [0.5, 0.6) is 0 Å². The third kappa shape index (κ3) is 5.47. The van der Waals surface area contributed by atoms with E-state index in [9.17, 15) is 35.1 Å². The number of rotatable bonds is 7. The van der Waals surface area contributed by atoms with Crippen molar-refractivity contribution >= 4 is 18.0 Å². The summed E-state index contributed by atoms with van der Waals surface area (Å²) in [5.74, 6) is -3.80. The van der Waals surface area contributed by atoms with Gasteiger partial charge in [-0.2, -0.15) is 0 Å². The molecule has 11 atom stereocenters. The zero-order chi connectivity index (χ0) is 27.6. The quantitative estimate of drug-likeness (QED) is 0.214. The second-order valence-corrected chi connectivity index (χ2v) is 9.50. The van der Waals surface area contributed by atoms with E-state index in [2.05, 4.69) is 0 Å². The Hall–Kier alpha value is -2.84. The van der Waals surface area contributed by atoms with Crippen LogP contribution in [-0.4, -0.2) is 100 Å². The fraction of sp³-hybridized carbons (Fsp3) is 0.538. The van der Waals surface area contributed by atoms with E-state index < -0.39 is 85.5 Å². The maximum absolute atomic E-state index is 12.6. The molecule has 12 nitrogen and oxygen atoms in total. The predicted octanol–water partition coefficient (Wildman–Crippen LogP) is -0.916. The van der Waals surface area contributed by atoms with E-state index in [1.54, 1.807) is 25.1 Å². The zero-order valence-electron chi connectivity index (χ0n) is 20.8. The molecule has 0 aromatic heterocycles. The molecule has 5 N–H and O–H groups in total. The summed E-state index contributed by atoms with van der Waals surface area (Å²) >= 11 is 0. The van der Waals surface area contributed by atoms with Gasteiger partial charge < -0.3 is 49.2 Å². The van der Waals surface area contributed by atoms with Crippen LogP contribution in [0.1, 0.15) is 12.5 Å². The van der Waals surface area contributed by atoms with E-state index in [-0.39, 0.29) is 5.57 Å². The Kier molecular flexibility index (Phi) is 8.83. The molecule has 38 heavy (non-hydrogen) atoms. The fourth-order valence-electron chi connectivity index (χ4n) is 5.22. The number of hydrogen-bond donors (Lipinski definition) is 5. The van der Waals surface area contributed by atoms with Crippen LogP contribution in [0.15, 0.2) is 48.2 Å². The number of fused-ring (bicyclic) bond motifs is 1. The molecule has 1 saturated carbocycles. The predicted molar refractivity (Wildman–Crippen MR) is 127 cm³/mol. The number of carbonyl (C=O) groups is 2. The molecular weight excluding hydrogens is 504 g/mol. The maximum Gasteiger partial charge on any atom is 0.337 e. The number of carbonyl (C=O) groups excluding carboxylic acids is 2. The topological polar surface area (TPSA) is 181 Å². The van der Waals surface area contributed by atoms with Gasteiger partial charge in [-0.05, 0) is 11.6 Å². The van der Waals surface area contributed by atoms with Crippen molar-refractivity contribution in [2.75, 3.05) is 13.7 Å². The molecule has 0 radical (unpaired) electrons. The summed E-state index contributed by atoms with van der Waals surface area (Å²) in [6.07, 6.45) is -7.46. The van der Waals surface area contributed by atoms with Crippen molar-refractivity contribution in [2.24, 2.45) is 17.8 Å². The lowest BCUT2D eigenvalue weighted by atomic mass is 9.82. The van der Waals surface area contributed by atoms with E-state index in [1.807, 2.05) is 18.2 Å². The minimum atomic E-state index is -1.70. The van der Waals surface area contributed by atoms with Gasteiger partial charge in [-0.25, -0.2) is 9.59 Å². The molecule has 0 amide bonds. The first-order valence-corrected chi connectivity index (χ1v) is 12.2. The van der Waals surface area contributed by atoms with Crippen molar-refractivity contribution in [1.82, 2.24) is 0 Å². The van der Waals surface area contributed by atoms with Crippen LogP contribution in [-0.2, 0) is 33.3 Å². The molecule has 0 spiro atoms. The molecule has 1 aromatic rings. The first kappa shape index (κ1) is 28.2. The molecule has 208 valence electrons. The number of esters is 2. The summed E-state index contributed by atoms with van der Waals surface area (Å²) in [5.41, 5.74) is 0.777. The molecule has 1 saturated heterocycles.